The first-order valence-corrected chi connectivity index (χ1v) is 10.6. The van der Waals surface area contributed by atoms with Crippen LogP contribution in [0.15, 0.2) is 11.1 Å². The molecule has 0 aromatic carbocycles. The molecule has 0 aliphatic heterocycles. The number of rotatable bonds is 8. The van der Waals surface area contributed by atoms with E-state index in [-0.39, 0.29) is 35.2 Å². The lowest BCUT2D eigenvalue weighted by atomic mass is 9.45. The molecule has 1 fully saturated rings. The van der Waals surface area contributed by atoms with Gasteiger partial charge < -0.3 is 15.3 Å². The zero-order valence-electron chi connectivity index (χ0n) is 18.3. The number of fused-ring (bicyclic) bond motifs is 1. The Hall–Kier alpha value is -1.53. The van der Waals surface area contributed by atoms with Crippen LogP contribution in [0.25, 0.3) is 0 Å². The standard InChI is InChI=1S/C23H36O6/c1-13(10-20(27)28)6-7-15-14(2)17(25)11-19-22(3,4)9-8-16(23(15,19)5)21(29)18(26)12-24/h13,16,18-19,24,26H,6-12H2,1-5H3,(H,27,28)/t13-,16?,18?,19-,23-/m0/s1. The lowest BCUT2D eigenvalue weighted by molar-refractivity contribution is -0.147. The highest BCUT2D eigenvalue weighted by Gasteiger charge is 2.58. The molecule has 0 aromatic rings. The Kier molecular flexibility index (Phi) is 7.11. The van der Waals surface area contributed by atoms with Gasteiger partial charge in [-0.1, -0.05) is 33.3 Å². The zero-order chi connectivity index (χ0) is 22.1. The second-order valence-electron chi connectivity index (χ2n) is 9.99. The molecule has 0 saturated heterocycles. The number of carbonyl (C=O) groups excluding carboxylic acids is 2. The van der Waals surface area contributed by atoms with E-state index in [9.17, 15) is 24.6 Å². The minimum absolute atomic E-state index is 0.0374. The van der Waals surface area contributed by atoms with Gasteiger partial charge in [0.25, 0.3) is 0 Å². The van der Waals surface area contributed by atoms with E-state index in [2.05, 4.69) is 13.8 Å². The number of aliphatic hydroxyl groups is 2. The molecular weight excluding hydrogens is 372 g/mol. The van der Waals surface area contributed by atoms with Gasteiger partial charge in [-0.3, -0.25) is 14.4 Å². The van der Waals surface area contributed by atoms with Crippen LogP contribution in [0.3, 0.4) is 0 Å². The predicted octanol–water partition coefficient (Wildman–Crippen LogP) is 3.15. The number of carbonyl (C=O) groups is 3. The Morgan fingerprint density at radius 1 is 1.24 bits per heavy atom. The summed E-state index contributed by atoms with van der Waals surface area (Å²) in [5.41, 5.74) is 0.896. The van der Waals surface area contributed by atoms with Crippen molar-refractivity contribution < 1.29 is 29.7 Å². The second-order valence-corrected chi connectivity index (χ2v) is 9.99. The van der Waals surface area contributed by atoms with Crippen LogP contribution in [0.2, 0.25) is 0 Å². The molecule has 0 aromatic heterocycles. The summed E-state index contributed by atoms with van der Waals surface area (Å²) in [6.45, 7) is 9.41. The van der Waals surface area contributed by atoms with Crippen molar-refractivity contribution in [2.45, 2.75) is 79.2 Å². The molecule has 2 aliphatic rings. The largest absolute Gasteiger partial charge is 0.481 e. The molecule has 29 heavy (non-hydrogen) atoms. The van der Waals surface area contributed by atoms with Crippen molar-refractivity contribution in [3.05, 3.63) is 11.1 Å². The second kappa shape index (κ2) is 8.68. The van der Waals surface area contributed by atoms with Crippen LogP contribution in [-0.4, -0.2) is 45.6 Å². The van der Waals surface area contributed by atoms with E-state index < -0.39 is 30.0 Å². The Morgan fingerprint density at radius 3 is 2.41 bits per heavy atom. The van der Waals surface area contributed by atoms with E-state index in [1.54, 1.807) is 0 Å². The van der Waals surface area contributed by atoms with Crippen molar-refractivity contribution in [2.24, 2.45) is 28.6 Å². The molecule has 0 heterocycles. The molecule has 0 radical (unpaired) electrons. The molecule has 1 saturated carbocycles. The summed E-state index contributed by atoms with van der Waals surface area (Å²) in [5.74, 6) is -1.64. The molecule has 5 atom stereocenters. The molecule has 3 N–H and O–H groups in total. The highest BCUT2D eigenvalue weighted by molar-refractivity contribution is 5.98. The highest BCUT2D eigenvalue weighted by atomic mass is 16.4. The number of aliphatic carboxylic acids is 1. The van der Waals surface area contributed by atoms with Crippen molar-refractivity contribution in [1.82, 2.24) is 0 Å². The van der Waals surface area contributed by atoms with Crippen LogP contribution in [0.5, 0.6) is 0 Å². The summed E-state index contributed by atoms with van der Waals surface area (Å²) >= 11 is 0. The summed E-state index contributed by atoms with van der Waals surface area (Å²) in [7, 11) is 0. The van der Waals surface area contributed by atoms with Gasteiger partial charge in [0.05, 0.1) is 6.61 Å². The maximum atomic E-state index is 13.0. The number of allylic oxidation sites excluding steroid dienone is 2. The van der Waals surface area contributed by atoms with E-state index in [4.69, 9.17) is 5.11 Å². The van der Waals surface area contributed by atoms with Gasteiger partial charge in [-0.25, -0.2) is 0 Å². The molecule has 6 heteroatoms. The molecule has 0 spiro atoms. The number of aliphatic hydroxyl groups excluding tert-OH is 2. The van der Waals surface area contributed by atoms with Gasteiger partial charge in [-0.15, -0.1) is 0 Å². The van der Waals surface area contributed by atoms with Crippen molar-refractivity contribution in [2.75, 3.05) is 6.61 Å². The Balaban J connectivity index is 2.49. The predicted molar refractivity (Wildman–Crippen MR) is 109 cm³/mol. The fourth-order valence-electron chi connectivity index (χ4n) is 5.87. The van der Waals surface area contributed by atoms with Gasteiger partial charge in [0.2, 0.25) is 0 Å². The smallest absolute Gasteiger partial charge is 0.303 e. The third kappa shape index (κ3) is 4.48. The van der Waals surface area contributed by atoms with Gasteiger partial charge >= 0.3 is 5.97 Å². The first-order chi connectivity index (χ1) is 13.4. The maximum absolute atomic E-state index is 13.0. The molecular formula is C23H36O6. The minimum atomic E-state index is -1.41. The van der Waals surface area contributed by atoms with Crippen LogP contribution in [0.1, 0.15) is 73.1 Å². The molecule has 0 bridgehead atoms. The number of Topliss-reactive ketones (excluding diaryl/α,β-unsaturated/α-hetero) is 2. The van der Waals surface area contributed by atoms with Crippen LogP contribution in [-0.2, 0) is 14.4 Å². The van der Waals surface area contributed by atoms with Crippen molar-refractivity contribution in [1.29, 1.82) is 0 Å². The van der Waals surface area contributed by atoms with Crippen LogP contribution in [0.4, 0.5) is 0 Å². The van der Waals surface area contributed by atoms with Crippen LogP contribution < -0.4 is 0 Å². The lowest BCUT2D eigenvalue weighted by Crippen LogP contribution is -2.55. The van der Waals surface area contributed by atoms with Crippen LogP contribution in [0, 0.1) is 28.6 Å². The number of hydrogen-bond donors (Lipinski definition) is 3. The number of carboxylic acids is 1. The molecule has 2 aliphatic carbocycles. The fourth-order valence-corrected chi connectivity index (χ4v) is 5.87. The third-order valence-electron chi connectivity index (χ3n) is 7.63. The van der Waals surface area contributed by atoms with Gasteiger partial charge in [0, 0.05) is 24.2 Å². The SMILES string of the molecule is CC1=C(CC[C@H](C)CC(=O)O)[C@@]2(C)C(C(=O)C(O)CO)CCC(C)(C)[C@@H]2CC1=O. The number of carboxylic acid groups (broad SMARTS) is 1. The summed E-state index contributed by atoms with van der Waals surface area (Å²) in [4.78, 5) is 36.9. The first kappa shape index (κ1) is 23.7. The molecule has 6 nitrogen and oxygen atoms in total. The van der Waals surface area contributed by atoms with Crippen LogP contribution >= 0.6 is 0 Å². The van der Waals surface area contributed by atoms with Gasteiger partial charge in [-0.2, -0.15) is 0 Å². The van der Waals surface area contributed by atoms with Crippen molar-refractivity contribution >= 4 is 17.5 Å². The Bertz CT molecular complexity index is 706. The highest BCUT2D eigenvalue weighted by Crippen LogP contribution is 2.62. The summed E-state index contributed by atoms with van der Waals surface area (Å²) < 4.78 is 0. The van der Waals surface area contributed by atoms with E-state index >= 15 is 0 Å². The normalized spacial score (nSPS) is 31.2. The quantitative estimate of drug-likeness (QED) is 0.569. The Morgan fingerprint density at radius 2 is 1.86 bits per heavy atom. The van der Waals surface area contributed by atoms with Gasteiger partial charge in [-0.05, 0) is 55.4 Å². The summed E-state index contributed by atoms with van der Waals surface area (Å²) in [5, 5.41) is 28.5. The van der Waals surface area contributed by atoms with E-state index in [0.717, 1.165) is 12.0 Å². The molecule has 2 unspecified atom stereocenters. The van der Waals surface area contributed by atoms with E-state index in [0.29, 0.717) is 31.3 Å². The fraction of sp³-hybridized carbons (Fsp3) is 0.783. The average Bonchev–Trinajstić information content (AvgIpc) is 2.62. The molecule has 0 amide bonds. The number of hydrogen-bond acceptors (Lipinski definition) is 5. The topological polar surface area (TPSA) is 112 Å². The minimum Gasteiger partial charge on any atom is -0.481 e. The molecule has 164 valence electrons. The Labute approximate surface area is 173 Å². The van der Waals surface area contributed by atoms with Crippen molar-refractivity contribution in [3.8, 4) is 0 Å². The first-order valence-electron chi connectivity index (χ1n) is 10.6. The number of ketones is 2. The summed E-state index contributed by atoms with van der Waals surface area (Å²) in [6, 6.07) is 0. The zero-order valence-corrected chi connectivity index (χ0v) is 18.3. The van der Waals surface area contributed by atoms with Gasteiger partial charge in [0.15, 0.2) is 11.6 Å². The van der Waals surface area contributed by atoms with Crippen molar-refractivity contribution in [3.63, 3.8) is 0 Å². The average molecular weight is 409 g/mol. The van der Waals surface area contributed by atoms with E-state index in [1.165, 1.54) is 0 Å². The monoisotopic (exact) mass is 408 g/mol. The lowest BCUT2D eigenvalue weighted by Gasteiger charge is -2.58. The molecule has 2 rings (SSSR count). The summed E-state index contributed by atoms with van der Waals surface area (Å²) in [6.07, 6.45) is 1.60. The van der Waals surface area contributed by atoms with E-state index in [1.807, 2.05) is 20.8 Å². The van der Waals surface area contributed by atoms with Gasteiger partial charge in [0.1, 0.15) is 6.10 Å². The third-order valence-corrected chi connectivity index (χ3v) is 7.63. The maximum Gasteiger partial charge on any atom is 0.303 e.